The van der Waals surface area contributed by atoms with E-state index in [1.807, 2.05) is 6.07 Å². The molecule has 1 aromatic carbocycles. The molecule has 1 aromatic rings. The summed E-state index contributed by atoms with van der Waals surface area (Å²) in [4.78, 5) is 0. The van der Waals surface area contributed by atoms with Gasteiger partial charge in [0.05, 0.1) is 6.26 Å². The van der Waals surface area contributed by atoms with E-state index in [0.29, 0.717) is 13.1 Å². The van der Waals surface area contributed by atoms with E-state index in [1.165, 1.54) is 17.5 Å². The monoisotopic (exact) mass is 426 g/mol. The van der Waals surface area contributed by atoms with Gasteiger partial charge in [-0.05, 0) is 24.5 Å². The average Bonchev–Trinajstić information content (AvgIpc) is 2.80. The van der Waals surface area contributed by atoms with Gasteiger partial charge in [0.25, 0.3) is 0 Å². The summed E-state index contributed by atoms with van der Waals surface area (Å²) < 4.78 is 24.7. The van der Waals surface area contributed by atoms with Gasteiger partial charge < -0.3 is 5.32 Å². The van der Waals surface area contributed by atoms with Crippen molar-refractivity contribution < 1.29 is 8.42 Å². The maximum atomic E-state index is 11.5. The highest BCUT2D eigenvalue weighted by Gasteiger charge is 2.42. The number of sulfonamides is 1. The molecular weight excluding hydrogens is 406 g/mol. The van der Waals surface area contributed by atoms with Crippen molar-refractivity contribution in [2.75, 3.05) is 31.2 Å². The highest BCUT2D eigenvalue weighted by atomic mass is 127. The molecule has 0 radical (unpaired) electrons. The summed E-state index contributed by atoms with van der Waals surface area (Å²) in [6.07, 6.45) is 3.11. The van der Waals surface area contributed by atoms with Crippen molar-refractivity contribution in [2.24, 2.45) is 0 Å². The first-order valence-electron chi connectivity index (χ1n) is 6.52. The number of nitrogens with zero attached hydrogens (tertiary/aromatic N) is 1. The SMILES string of the molecule is CS(=O)(=O)N1CCC2(CC1)CNc1ccccc12.PI. The van der Waals surface area contributed by atoms with Crippen molar-refractivity contribution in [1.29, 1.82) is 0 Å². The summed E-state index contributed by atoms with van der Waals surface area (Å²) >= 11 is 2.07. The minimum Gasteiger partial charge on any atom is -0.384 e. The zero-order valence-corrected chi connectivity index (χ0v) is 15.6. The van der Waals surface area contributed by atoms with Crippen LogP contribution in [0.3, 0.4) is 0 Å². The summed E-state index contributed by atoms with van der Waals surface area (Å²) in [6.45, 7) is 4.59. The smallest absolute Gasteiger partial charge is 0.211 e. The molecule has 1 spiro atoms. The number of rotatable bonds is 1. The largest absolute Gasteiger partial charge is 0.384 e. The second kappa shape index (κ2) is 6.46. The molecule has 0 aromatic heterocycles. The highest BCUT2D eigenvalue weighted by molar-refractivity contribution is 14.2. The van der Waals surface area contributed by atoms with Crippen LogP contribution in [0.25, 0.3) is 0 Å². The number of benzene rings is 1. The Balaban J connectivity index is 0.000000704. The molecule has 112 valence electrons. The predicted molar refractivity (Wildman–Crippen MR) is 96.0 cm³/mol. The van der Waals surface area contributed by atoms with Crippen molar-refractivity contribution in [3.63, 3.8) is 0 Å². The molecule has 1 saturated heterocycles. The molecule has 0 bridgehead atoms. The van der Waals surface area contributed by atoms with Gasteiger partial charge in [-0.3, -0.25) is 0 Å². The number of hydrogen-bond donors (Lipinski definition) is 1. The maximum Gasteiger partial charge on any atom is 0.211 e. The zero-order valence-electron chi connectivity index (χ0n) is 11.5. The van der Waals surface area contributed by atoms with E-state index in [-0.39, 0.29) is 5.41 Å². The summed E-state index contributed by atoms with van der Waals surface area (Å²) in [7, 11) is -3.04. The van der Waals surface area contributed by atoms with Gasteiger partial charge in [-0.2, -0.15) is 0 Å². The summed E-state index contributed by atoms with van der Waals surface area (Å²) in [5, 5.41) is 3.45. The van der Waals surface area contributed by atoms with Gasteiger partial charge in [0.1, 0.15) is 0 Å². The van der Waals surface area contributed by atoms with E-state index >= 15 is 0 Å². The lowest BCUT2D eigenvalue weighted by atomic mass is 9.75. The Kier molecular flexibility index (Phi) is 5.32. The molecule has 1 unspecified atom stereocenters. The molecule has 3 rings (SSSR count). The normalized spacial score (nSPS) is 20.8. The van der Waals surface area contributed by atoms with E-state index in [4.69, 9.17) is 0 Å². The van der Waals surface area contributed by atoms with Crippen molar-refractivity contribution in [1.82, 2.24) is 4.31 Å². The van der Waals surface area contributed by atoms with Crippen LogP contribution in [0, 0.1) is 0 Å². The van der Waals surface area contributed by atoms with Crippen LogP contribution in [0.15, 0.2) is 24.3 Å². The number of anilines is 1. The molecule has 0 amide bonds. The second-order valence-corrected chi connectivity index (χ2v) is 7.32. The number of fused-ring (bicyclic) bond motifs is 2. The van der Waals surface area contributed by atoms with Gasteiger partial charge >= 0.3 is 0 Å². The van der Waals surface area contributed by atoms with E-state index in [9.17, 15) is 8.42 Å². The molecule has 0 saturated carbocycles. The van der Waals surface area contributed by atoms with Crippen LogP contribution in [-0.2, 0) is 15.4 Å². The summed E-state index contributed by atoms with van der Waals surface area (Å²) in [6, 6.07) is 8.38. The Hall–Kier alpha value is 0.0900. The van der Waals surface area contributed by atoms with Crippen LogP contribution in [0.5, 0.6) is 0 Å². The van der Waals surface area contributed by atoms with E-state index < -0.39 is 10.0 Å². The molecule has 4 nitrogen and oxygen atoms in total. The predicted octanol–water partition coefficient (Wildman–Crippen LogP) is 2.62. The van der Waals surface area contributed by atoms with Crippen LogP contribution in [0.2, 0.25) is 0 Å². The maximum absolute atomic E-state index is 11.5. The third-order valence-electron chi connectivity index (χ3n) is 4.26. The van der Waals surface area contributed by atoms with Crippen molar-refractivity contribution in [3.05, 3.63) is 29.8 Å². The number of hydrogen-bond acceptors (Lipinski definition) is 3. The first-order valence-corrected chi connectivity index (χ1v) is 12.5. The Morgan fingerprint density at radius 3 is 2.45 bits per heavy atom. The van der Waals surface area contributed by atoms with E-state index in [1.54, 1.807) is 4.31 Å². The Bertz CT molecular complexity index is 571. The lowest BCUT2D eigenvalue weighted by Gasteiger charge is -2.38. The van der Waals surface area contributed by atoms with Crippen LogP contribution in [0.4, 0.5) is 5.69 Å². The molecule has 20 heavy (non-hydrogen) atoms. The molecule has 2 aliphatic heterocycles. The lowest BCUT2D eigenvalue weighted by molar-refractivity contribution is 0.250. The van der Waals surface area contributed by atoms with E-state index in [2.05, 4.69) is 52.4 Å². The topological polar surface area (TPSA) is 49.4 Å². The van der Waals surface area contributed by atoms with Gasteiger partial charge in [-0.15, -0.1) is 0 Å². The fraction of sp³-hybridized carbons (Fsp3) is 0.538. The zero-order chi connectivity index (χ0) is 14.8. The highest BCUT2D eigenvalue weighted by Crippen LogP contribution is 2.43. The van der Waals surface area contributed by atoms with Crippen LogP contribution in [-0.4, -0.2) is 38.6 Å². The Morgan fingerprint density at radius 2 is 1.85 bits per heavy atom. The first kappa shape index (κ1) is 16.5. The fourth-order valence-corrected chi connectivity index (χ4v) is 4.00. The average molecular weight is 426 g/mol. The Labute approximate surface area is 136 Å². The van der Waals surface area contributed by atoms with Gasteiger partial charge in [0, 0.05) is 30.7 Å². The third-order valence-corrected chi connectivity index (χ3v) is 5.57. The van der Waals surface area contributed by atoms with Crippen molar-refractivity contribution in [3.8, 4) is 0 Å². The standard InChI is InChI=1S/C13H18N2O2S.H2IP/c1-18(16,17)15-8-6-13(7-9-15)10-14-12-5-3-2-4-11(12)13;1-2/h2-5,14H,6-10H2,1H3;2H2. The van der Waals surface area contributed by atoms with Crippen molar-refractivity contribution >= 4 is 44.6 Å². The van der Waals surface area contributed by atoms with Crippen molar-refractivity contribution in [2.45, 2.75) is 18.3 Å². The molecule has 2 aliphatic rings. The van der Waals surface area contributed by atoms with Crippen LogP contribution >= 0.6 is 28.9 Å². The number of para-hydroxylation sites is 1. The van der Waals surface area contributed by atoms with Gasteiger partial charge in [-0.25, -0.2) is 12.7 Å². The fourth-order valence-electron chi connectivity index (χ4n) is 3.15. The minimum atomic E-state index is -3.04. The summed E-state index contributed by atoms with van der Waals surface area (Å²) in [5.74, 6) is 0. The second-order valence-electron chi connectivity index (χ2n) is 5.34. The van der Waals surface area contributed by atoms with Crippen LogP contribution < -0.4 is 5.32 Å². The third kappa shape index (κ3) is 3.13. The first-order chi connectivity index (χ1) is 9.51. The quantitative estimate of drug-likeness (QED) is 0.555. The van der Waals surface area contributed by atoms with Crippen LogP contribution in [0.1, 0.15) is 18.4 Å². The molecule has 1 N–H and O–H groups in total. The van der Waals surface area contributed by atoms with Gasteiger partial charge in [0.15, 0.2) is 0 Å². The molecule has 2 heterocycles. The molecule has 0 aliphatic carbocycles. The molecule has 1 fully saturated rings. The Morgan fingerprint density at radius 1 is 1.25 bits per heavy atom. The summed E-state index contributed by atoms with van der Waals surface area (Å²) in [5.41, 5.74) is 2.71. The number of halogens is 1. The number of piperidine rings is 1. The lowest BCUT2D eigenvalue weighted by Crippen LogP contribution is -2.45. The molecule has 7 heteroatoms. The van der Waals surface area contributed by atoms with Gasteiger partial charge in [0.2, 0.25) is 10.0 Å². The molecular formula is C13H20IN2O2PS. The molecule has 1 atom stereocenters. The van der Waals surface area contributed by atoms with E-state index in [0.717, 1.165) is 19.4 Å². The number of nitrogens with one attached hydrogen (secondary N) is 1. The minimum absolute atomic E-state index is 0.137. The van der Waals surface area contributed by atoms with Gasteiger partial charge in [-0.1, -0.05) is 47.1 Å².